The maximum atomic E-state index is 14.4. The summed E-state index contributed by atoms with van der Waals surface area (Å²) in [4.78, 5) is 33.0. The quantitative estimate of drug-likeness (QED) is 0.462. The van der Waals surface area contributed by atoms with E-state index in [0.29, 0.717) is 4.70 Å². The molecule has 0 N–H and O–H groups in total. The van der Waals surface area contributed by atoms with E-state index in [9.17, 15) is 14.0 Å². The zero-order chi connectivity index (χ0) is 20.5. The lowest BCUT2D eigenvalue weighted by Crippen LogP contribution is -2.11. The van der Waals surface area contributed by atoms with Crippen LogP contribution in [0.15, 0.2) is 30.5 Å². The average Bonchev–Trinajstić information content (AvgIpc) is 3.30. The van der Waals surface area contributed by atoms with Crippen LogP contribution >= 0.6 is 11.3 Å². The van der Waals surface area contributed by atoms with Crippen molar-refractivity contribution in [3.63, 3.8) is 0 Å². The van der Waals surface area contributed by atoms with Crippen molar-refractivity contribution in [3.05, 3.63) is 58.2 Å². The number of aryl methyl sites for hydroxylation is 1. The van der Waals surface area contributed by atoms with Gasteiger partial charge in [0.05, 0.1) is 6.61 Å². The molecule has 0 radical (unpaired) electrons. The van der Waals surface area contributed by atoms with Crippen LogP contribution < -0.4 is 0 Å². The first-order valence-electron chi connectivity index (χ1n) is 8.72. The molecule has 0 saturated heterocycles. The van der Waals surface area contributed by atoms with Gasteiger partial charge >= 0.3 is 11.9 Å². The van der Waals surface area contributed by atoms with Crippen molar-refractivity contribution in [1.82, 2.24) is 19.6 Å². The second-order valence-corrected chi connectivity index (χ2v) is 7.10. The summed E-state index contributed by atoms with van der Waals surface area (Å²) in [6, 6.07) is 6.25. The lowest BCUT2D eigenvalue weighted by Gasteiger charge is -2.06. The number of halogens is 1. The van der Waals surface area contributed by atoms with Gasteiger partial charge in [0.2, 0.25) is 0 Å². The van der Waals surface area contributed by atoms with Gasteiger partial charge in [0, 0.05) is 27.5 Å². The van der Waals surface area contributed by atoms with Gasteiger partial charge in [-0.2, -0.15) is 4.98 Å². The van der Waals surface area contributed by atoms with Crippen molar-refractivity contribution in [2.24, 2.45) is 0 Å². The van der Waals surface area contributed by atoms with E-state index in [4.69, 9.17) is 9.47 Å². The molecule has 4 aromatic rings. The highest BCUT2D eigenvalue weighted by atomic mass is 32.1. The molecule has 3 aromatic heterocycles. The molecule has 0 unspecified atom stereocenters. The number of nitrogens with zero attached hydrogens (tertiary/aromatic N) is 4. The van der Waals surface area contributed by atoms with Crippen molar-refractivity contribution >= 4 is 39.1 Å². The van der Waals surface area contributed by atoms with Crippen molar-refractivity contribution in [2.75, 3.05) is 6.61 Å². The number of hydrogen-bond acceptors (Lipinski definition) is 8. The van der Waals surface area contributed by atoms with Crippen LogP contribution in [0, 0.1) is 12.7 Å². The predicted octanol–water partition coefficient (Wildman–Crippen LogP) is 3.32. The number of fused-ring (bicyclic) bond motifs is 2. The molecule has 0 fully saturated rings. The topological polar surface area (TPSA) is 95.7 Å². The minimum Gasteiger partial charge on any atom is -0.462 e. The lowest BCUT2D eigenvalue weighted by molar-refractivity contribution is 0.0443. The summed E-state index contributed by atoms with van der Waals surface area (Å²) >= 11 is 1.09. The third-order valence-corrected chi connectivity index (χ3v) is 5.36. The second kappa shape index (κ2) is 7.55. The third-order valence-electron chi connectivity index (χ3n) is 4.18. The Bertz CT molecular complexity index is 1250. The zero-order valence-electron chi connectivity index (χ0n) is 15.5. The van der Waals surface area contributed by atoms with Crippen LogP contribution in [-0.2, 0) is 16.1 Å². The molecule has 3 heterocycles. The molecule has 148 valence electrons. The standard InChI is InChI=1S/C19H15FN4O4S/c1-3-27-17(25)15-11(14-12(20)5-4-6-13(14)29-15)9-28-18(26)16-22-19-21-8-7-10(2)24(19)23-16/h4-8H,3,9H2,1-2H3. The maximum Gasteiger partial charge on any atom is 0.378 e. The first-order valence-corrected chi connectivity index (χ1v) is 9.53. The molecule has 0 spiro atoms. The van der Waals surface area contributed by atoms with Crippen LogP contribution in [0.3, 0.4) is 0 Å². The van der Waals surface area contributed by atoms with Crippen LogP contribution in [-0.4, -0.2) is 38.1 Å². The predicted molar refractivity (Wildman–Crippen MR) is 102 cm³/mol. The minimum atomic E-state index is -0.805. The van der Waals surface area contributed by atoms with Crippen molar-refractivity contribution in [1.29, 1.82) is 0 Å². The van der Waals surface area contributed by atoms with Gasteiger partial charge < -0.3 is 9.47 Å². The first kappa shape index (κ1) is 18.9. The van der Waals surface area contributed by atoms with Gasteiger partial charge in [0.1, 0.15) is 17.3 Å². The number of aromatic nitrogens is 4. The normalized spacial score (nSPS) is 11.1. The molecular formula is C19H15FN4O4S. The molecule has 4 rings (SSSR count). The van der Waals surface area contributed by atoms with E-state index in [-0.39, 0.29) is 40.6 Å². The Morgan fingerprint density at radius 3 is 2.79 bits per heavy atom. The fraction of sp³-hybridized carbons (Fsp3) is 0.211. The van der Waals surface area contributed by atoms with E-state index in [1.54, 1.807) is 38.2 Å². The minimum absolute atomic E-state index is 0.173. The highest BCUT2D eigenvalue weighted by molar-refractivity contribution is 7.21. The number of carbonyl (C=O) groups is 2. The number of thiophene rings is 1. The van der Waals surface area contributed by atoms with E-state index in [0.717, 1.165) is 17.0 Å². The van der Waals surface area contributed by atoms with Gasteiger partial charge in [-0.15, -0.1) is 16.4 Å². The van der Waals surface area contributed by atoms with Crippen molar-refractivity contribution in [3.8, 4) is 0 Å². The number of rotatable bonds is 5. The SMILES string of the molecule is CCOC(=O)c1sc2cccc(F)c2c1COC(=O)c1nc2nccc(C)n2n1. The van der Waals surface area contributed by atoms with Crippen LogP contribution in [0.2, 0.25) is 0 Å². The van der Waals surface area contributed by atoms with E-state index < -0.39 is 17.8 Å². The lowest BCUT2D eigenvalue weighted by atomic mass is 10.1. The van der Waals surface area contributed by atoms with Gasteiger partial charge in [-0.1, -0.05) is 6.07 Å². The molecule has 0 atom stereocenters. The summed E-state index contributed by atoms with van der Waals surface area (Å²) in [5.74, 6) is -1.82. The molecule has 1 aromatic carbocycles. The summed E-state index contributed by atoms with van der Waals surface area (Å²) in [6.07, 6.45) is 1.56. The Labute approximate surface area is 167 Å². The largest absolute Gasteiger partial charge is 0.462 e. The molecule has 0 aliphatic rings. The Morgan fingerprint density at radius 2 is 2.03 bits per heavy atom. The maximum absolute atomic E-state index is 14.4. The highest BCUT2D eigenvalue weighted by Crippen LogP contribution is 2.34. The molecule has 0 saturated carbocycles. The van der Waals surface area contributed by atoms with Crippen LogP contribution in [0.1, 0.15) is 38.5 Å². The number of esters is 2. The molecule has 10 heteroatoms. The molecule has 29 heavy (non-hydrogen) atoms. The van der Waals surface area contributed by atoms with E-state index in [2.05, 4.69) is 15.1 Å². The van der Waals surface area contributed by atoms with Gasteiger partial charge in [0.15, 0.2) is 0 Å². The summed E-state index contributed by atoms with van der Waals surface area (Å²) in [5, 5.41) is 4.31. The monoisotopic (exact) mass is 414 g/mol. The first-order chi connectivity index (χ1) is 14.0. The van der Waals surface area contributed by atoms with Crippen LogP contribution in [0.4, 0.5) is 4.39 Å². The highest BCUT2D eigenvalue weighted by Gasteiger charge is 2.24. The molecule has 0 bridgehead atoms. The molecule has 8 nitrogen and oxygen atoms in total. The summed E-state index contributed by atoms with van der Waals surface area (Å²) in [6.45, 7) is 3.32. The van der Waals surface area contributed by atoms with Gasteiger partial charge in [-0.05, 0) is 32.0 Å². The Morgan fingerprint density at radius 1 is 1.21 bits per heavy atom. The van der Waals surface area contributed by atoms with E-state index in [1.165, 1.54) is 10.6 Å². The molecular weight excluding hydrogens is 399 g/mol. The zero-order valence-corrected chi connectivity index (χ0v) is 16.3. The third kappa shape index (κ3) is 3.42. The Balaban J connectivity index is 1.66. The summed E-state index contributed by atoms with van der Waals surface area (Å²) in [7, 11) is 0. The molecule has 0 aliphatic carbocycles. The van der Waals surface area contributed by atoms with Gasteiger partial charge in [-0.3, -0.25) is 0 Å². The fourth-order valence-electron chi connectivity index (χ4n) is 2.86. The Kier molecular flexibility index (Phi) is 4.93. The average molecular weight is 414 g/mol. The number of carbonyl (C=O) groups excluding carboxylic acids is 2. The van der Waals surface area contributed by atoms with Crippen molar-refractivity contribution in [2.45, 2.75) is 20.5 Å². The van der Waals surface area contributed by atoms with Crippen LogP contribution in [0.25, 0.3) is 15.9 Å². The van der Waals surface area contributed by atoms with E-state index in [1.807, 2.05) is 0 Å². The summed E-state index contributed by atoms with van der Waals surface area (Å²) < 4.78 is 26.8. The van der Waals surface area contributed by atoms with Gasteiger partial charge in [0.25, 0.3) is 11.6 Å². The summed E-state index contributed by atoms with van der Waals surface area (Å²) in [5.41, 5.74) is 1.00. The number of benzene rings is 1. The van der Waals surface area contributed by atoms with Crippen LogP contribution in [0.5, 0.6) is 0 Å². The second-order valence-electron chi connectivity index (χ2n) is 6.05. The smallest absolute Gasteiger partial charge is 0.378 e. The van der Waals surface area contributed by atoms with Gasteiger partial charge in [-0.25, -0.2) is 23.5 Å². The number of hydrogen-bond donors (Lipinski definition) is 0. The molecule has 0 amide bonds. The Hall–Kier alpha value is -3.40. The fourth-order valence-corrected chi connectivity index (χ4v) is 3.98. The van der Waals surface area contributed by atoms with Crippen molar-refractivity contribution < 1.29 is 23.5 Å². The number of ether oxygens (including phenoxy) is 2. The molecule has 0 aliphatic heterocycles. The van der Waals surface area contributed by atoms with E-state index >= 15 is 0 Å².